The summed E-state index contributed by atoms with van der Waals surface area (Å²) in [5.74, 6) is 0.260. The van der Waals surface area contributed by atoms with Crippen LogP contribution in [0.4, 0.5) is 0 Å². The van der Waals surface area contributed by atoms with E-state index >= 15 is 0 Å². The van der Waals surface area contributed by atoms with Crippen molar-refractivity contribution in [2.24, 2.45) is 0 Å². The molecule has 0 unspecified atom stereocenters. The summed E-state index contributed by atoms with van der Waals surface area (Å²) < 4.78 is 5.13. The Labute approximate surface area is 129 Å². The van der Waals surface area contributed by atoms with Gasteiger partial charge in [0.1, 0.15) is 11.5 Å². The zero-order valence-corrected chi connectivity index (χ0v) is 11.9. The highest BCUT2D eigenvalue weighted by atomic mass is 35.5. The minimum atomic E-state index is -0.101. The fraction of sp³-hybridized carbons (Fsp3) is 0. The second kappa shape index (κ2) is 5.27. The number of benzene rings is 2. The van der Waals surface area contributed by atoms with E-state index in [1.807, 2.05) is 0 Å². The molecule has 21 heavy (non-hydrogen) atoms. The molecule has 0 spiro atoms. The standard InChI is InChI=1S/C14H8Cl2N2O3/c15-9-1-7(2-10(16)5-9)13-17-14(21-18-13)8-3-11(19)6-12(20)4-8/h1-6,19-20H. The Morgan fingerprint density at radius 1 is 0.810 bits per heavy atom. The molecule has 106 valence electrons. The molecule has 0 saturated heterocycles. The van der Waals surface area contributed by atoms with Crippen molar-refractivity contribution in [2.45, 2.75) is 0 Å². The highest BCUT2D eigenvalue weighted by Crippen LogP contribution is 2.30. The third-order valence-corrected chi connectivity index (χ3v) is 3.13. The summed E-state index contributed by atoms with van der Waals surface area (Å²) in [4.78, 5) is 4.20. The predicted molar refractivity (Wildman–Crippen MR) is 78.5 cm³/mol. The Hall–Kier alpha value is -2.24. The van der Waals surface area contributed by atoms with Gasteiger partial charge in [-0.15, -0.1) is 0 Å². The van der Waals surface area contributed by atoms with Gasteiger partial charge in [-0.05, 0) is 30.3 Å². The number of aromatic hydroxyl groups is 2. The van der Waals surface area contributed by atoms with Crippen LogP contribution in [0.1, 0.15) is 0 Å². The molecule has 1 heterocycles. The molecule has 0 radical (unpaired) electrons. The molecule has 0 atom stereocenters. The van der Waals surface area contributed by atoms with Gasteiger partial charge in [0, 0.05) is 27.2 Å². The van der Waals surface area contributed by atoms with Crippen molar-refractivity contribution < 1.29 is 14.7 Å². The third kappa shape index (κ3) is 2.94. The monoisotopic (exact) mass is 322 g/mol. The molecule has 3 rings (SSSR count). The summed E-state index contributed by atoms with van der Waals surface area (Å²) in [6, 6.07) is 8.92. The molecule has 0 aliphatic heterocycles. The molecule has 0 bridgehead atoms. The fourth-order valence-corrected chi connectivity index (χ4v) is 2.39. The molecule has 0 aliphatic carbocycles. The minimum Gasteiger partial charge on any atom is -0.508 e. The number of halogens is 2. The van der Waals surface area contributed by atoms with Crippen LogP contribution in [0.2, 0.25) is 10.0 Å². The maximum atomic E-state index is 9.47. The van der Waals surface area contributed by atoms with Crippen molar-refractivity contribution in [1.29, 1.82) is 0 Å². The van der Waals surface area contributed by atoms with Crippen LogP contribution in [-0.4, -0.2) is 20.4 Å². The van der Waals surface area contributed by atoms with E-state index in [0.717, 1.165) is 0 Å². The van der Waals surface area contributed by atoms with Gasteiger partial charge in [0.05, 0.1) is 0 Å². The lowest BCUT2D eigenvalue weighted by Gasteiger charge is -1.98. The lowest BCUT2D eigenvalue weighted by Crippen LogP contribution is -1.82. The Kier molecular flexibility index (Phi) is 3.45. The highest BCUT2D eigenvalue weighted by Gasteiger charge is 2.13. The van der Waals surface area contributed by atoms with Gasteiger partial charge in [0.25, 0.3) is 5.89 Å². The summed E-state index contributed by atoms with van der Waals surface area (Å²) in [5.41, 5.74) is 1.01. The van der Waals surface area contributed by atoms with Gasteiger partial charge in [-0.2, -0.15) is 4.98 Å². The molecule has 2 N–H and O–H groups in total. The number of phenols is 2. The number of aromatic nitrogens is 2. The number of rotatable bonds is 2. The first kappa shape index (κ1) is 13.7. The number of nitrogens with zero attached hydrogens (tertiary/aromatic N) is 2. The van der Waals surface area contributed by atoms with E-state index in [9.17, 15) is 10.2 Å². The maximum absolute atomic E-state index is 9.47. The van der Waals surface area contributed by atoms with E-state index in [0.29, 0.717) is 27.0 Å². The number of hydrogen-bond acceptors (Lipinski definition) is 5. The Morgan fingerprint density at radius 2 is 1.43 bits per heavy atom. The largest absolute Gasteiger partial charge is 0.508 e. The predicted octanol–water partition coefficient (Wildman–Crippen LogP) is 4.12. The summed E-state index contributed by atoms with van der Waals surface area (Å²) in [6.07, 6.45) is 0. The normalized spacial score (nSPS) is 10.8. The van der Waals surface area contributed by atoms with Gasteiger partial charge >= 0.3 is 0 Å². The van der Waals surface area contributed by atoms with Crippen LogP contribution < -0.4 is 0 Å². The first-order chi connectivity index (χ1) is 10.0. The molecule has 0 aliphatic rings. The molecule has 0 fully saturated rings. The van der Waals surface area contributed by atoms with Gasteiger partial charge in [0.15, 0.2) is 0 Å². The van der Waals surface area contributed by atoms with Crippen molar-refractivity contribution in [3.05, 3.63) is 46.4 Å². The molecular formula is C14H8Cl2N2O3. The molecule has 1 aromatic heterocycles. The summed E-state index contributed by atoms with van der Waals surface area (Å²) in [7, 11) is 0. The first-order valence-corrected chi connectivity index (χ1v) is 6.60. The zero-order valence-electron chi connectivity index (χ0n) is 10.4. The van der Waals surface area contributed by atoms with Gasteiger partial charge in [-0.25, -0.2) is 0 Å². The molecule has 0 saturated carbocycles. The molecule has 7 heteroatoms. The van der Waals surface area contributed by atoms with E-state index in [-0.39, 0.29) is 17.4 Å². The van der Waals surface area contributed by atoms with E-state index < -0.39 is 0 Å². The van der Waals surface area contributed by atoms with Gasteiger partial charge in [-0.1, -0.05) is 28.4 Å². The second-order valence-electron chi connectivity index (χ2n) is 4.32. The van der Waals surface area contributed by atoms with Crippen LogP contribution in [0, 0.1) is 0 Å². The Bertz CT molecular complexity index is 711. The van der Waals surface area contributed by atoms with Crippen molar-refractivity contribution in [3.8, 4) is 34.3 Å². The average molecular weight is 323 g/mol. The fourth-order valence-electron chi connectivity index (χ4n) is 1.86. The van der Waals surface area contributed by atoms with E-state index in [1.54, 1.807) is 18.2 Å². The Balaban J connectivity index is 2.03. The molecule has 5 nitrogen and oxygen atoms in total. The maximum Gasteiger partial charge on any atom is 0.258 e. The van der Waals surface area contributed by atoms with Gasteiger partial charge in [0.2, 0.25) is 5.82 Å². The minimum absolute atomic E-state index is 0.101. The lowest BCUT2D eigenvalue weighted by molar-refractivity contribution is 0.428. The lowest BCUT2D eigenvalue weighted by atomic mass is 10.2. The van der Waals surface area contributed by atoms with Crippen LogP contribution in [0.5, 0.6) is 11.5 Å². The topological polar surface area (TPSA) is 79.4 Å². The summed E-state index contributed by atoms with van der Waals surface area (Å²) in [5, 5.41) is 23.7. The molecular weight excluding hydrogens is 315 g/mol. The van der Waals surface area contributed by atoms with E-state index in [1.165, 1.54) is 18.2 Å². The highest BCUT2D eigenvalue weighted by molar-refractivity contribution is 6.35. The van der Waals surface area contributed by atoms with Crippen molar-refractivity contribution in [3.63, 3.8) is 0 Å². The van der Waals surface area contributed by atoms with E-state index in [4.69, 9.17) is 27.7 Å². The second-order valence-corrected chi connectivity index (χ2v) is 5.19. The van der Waals surface area contributed by atoms with Crippen molar-refractivity contribution in [2.75, 3.05) is 0 Å². The molecule has 2 aromatic carbocycles. The summed E-state index contributed by atoms with van der Waals surface area (Å²) in [6.45, 7) is 0. The molecule has 3 aromatic rings. The Morgan fingerprint density at radius 3 is 2.05 bits per heavy atom. The van der Waals surface area contributed by atoms with Gasteiger partial charge < -0.3 is 14.7 Å². The van der Waals surface area contributed by atoms with Crippen molar-refractivity contribution in [1.82, 2.24) is 10.1 Å². The number of phenolic OH excluding ortho intramolecular Hbond substituents is 2. The van der Waals surface area contributed by atoms with E-state index in [2.05, 4.69) is 10.1 Å². The number of hydrogen-bond donors (Lipinski definition) is 2. The van der Waals surface area contributed by atoms with Crippen LogP contribution in [0.15, 0.2) is 40.9 Å². The SMILES string of the molecule is Oc1cc(O)cc(-c2nc(-c3cc(Cl)cc(Cl)c3)no2)c1. The first-order valence-electron chi connectivity index (χ1n) is 5.85. The molecule has 0 amide bonds. The smallest absolute Gasteiger partial charge is 0.258 e. The van der Waals surface area contributed by atoms with Crippen LogP contribution in [0.3, 0.4) is 0 Å². The quantitative estimate of drug-likeness (QED) is 0.741. The van der Waals surface area contributed by atoms with Crippen LogP contribution >= 0.6 is 23.2 Å². The van der Waals surface area contributed by atoms with Crippen LogP contribution in [0.25, 0.3) is 22.8 Å². The average Bonchev–Trinajstić information content (AvgIpc) is 2.85. The van der Waals surface area contributed by atoms with Gasteiger partial charge in [-0.3, -0.25) is 0 Å². The summed E-state index contributed by atoms with van der Waals surface area (Å²) >= 11 is 11.9. The third-order valence-electron chi connectivity index (χ3n) is 2.70. The van der Waals surface area contributed by atoms with Crippen LogP contribution in [-0.2, 0) is 0 Å². The van der Waals surface area contributed by atoms with Crippen molar-refractivity contribution >= 4 is 23.2 Å². The zero-order chi connectivity index (χ0) is 15.0.